The Bertz CT molecular complexity index is 590. The summed E-state index contributed by atoms with van der Waals surface area (Å²) in [6.45, 7) is 4.85. The summed E-state index contributed by atoms with van der Waals surface area (Å²) in [4.78, 5) is 17.5. The van der Waals surface area contributed by atoms with Crippen molar-refractivity contribution in [1.82, 2.24) is 9.80 Å². The van der Waals surface area contributed by atoms with Crippen molar-refractivity contribution < 1.29 is 14.3 Å². The fraction of sp³-hybridized carbons (Fsp3) is 0.750. The van der Waals surface area contributed by atoms with E-state index in [0.717, 1.165) is 25.7 Å². The van der Waals surface area contributed by atoms with E-state index in [1.165, 1.54) is 6.42 Å². The minimum atomic E-state index is -0.874. The van der Waals surface area contributed by atoms with Crippen molar-refractivity contribution in [3.8, 4) is 0 Å². The SMILES string of the molecule is C[C@@H]1CCC[C@H](C)N1C(=O)CN1[C@H]2CC[C@H]1CC(O)(c1ccco1)C2. The van der Waals surface area contributed by atoms with E-state index in [9.17, 15) is 9.90 Å². The Labute approximate surface area is 150 Å². The monoisotopic (exact) mass is 346 g/mol. The number of piperidine rings is 2. The lowest BCUT2D eigenvalue weighted by Gasteiger charge is -2.45. The first kappa shape index (κ1) is 17.1. The molecule has 0 unspecified atom stereocenters. The van der Waals surface area contributed by atoms with Crippen molar-refractivity contribution >= 4 is 5.91 Å². The molecule has 3 aliphatic heterocycles. The van der Waals surface area contributed by atoms with Gasteiger partial charge in [-0.15, -0.1) is 0 Å². The highest BCUT2D eigenvalue weighted by molar-refractivity contribution is 5.79. The minimum absolute atomic E-state index is 0.264. The molecule has 0 saturated carbocycles. The molecule has 0 aromatic carbocycles. The largest absolute Gasteiger partial charge is 0.466 e. The normalized spacial score (nSPS) is 38.9. The van der Waals surface area contributed by atoms with E-state index in [1.807, 2.05) is 12.1 Å². The first-order chi connectivity index (χ1) is 12.0. The van der Waals surface area contributed by atoms with Gasteiger partial charge in [0.2, 0.25) is 5.91 Å². The van der Waals surface area contributed by atoms with E-state index >= 15 is 0 Å². The van der Waals surface area contributed by atoms with E-state index in [1.54, 1.807) is 6.26 Å². The minimum Gasteiger partial charge on any atom is -0.466 e. The van der Waals surface area contributed by atoms with Crippen LogP contribution in [0.15, 0.2) is 22.8 Å². The summed E-state index contributed by atoms with van der Waals surface area (Å²) in [5, 5.41) is 11.1. The van der Waals surface area contributed by atoms with Crippen LogP contribution >= 0.6 is 0 Å². The van der Waals surface area contributed by atoms with Crippen LogP contribution in [-0.2, 0) is 10.4 Å². The number of hydrogen-bond acceptors (Lipinski definition) is 4. The summed E-state index contributed by atoms with van der Waals surface area (Å²) in [5.74, 6) is 0.939. The molecule has 1 N–H and O–H groups in total. The Morgan fingerprint density at radius 3 is 2.40 bits per heavy atom. The molecule has 5 nitrogen and oxygen atoms in total. The number of hydrogen-bond donors (Lipinski definition) is 1. The second kappa shape index (κ2) is 6.44. The summed E-state index contributed by atoms with van der Waals surface area (Å²) < 4.78 is 5.50. The maximum atomic E-state index is 13.0. The van der Waals surface area contributed by atoms with Crippen LogP contribution in [0.1, 0.15) is 64.6 Å². The van der Waals surface area contributed by atoms with Crippen LogP contribution in [0, 0.1) is 0 Å². The van der Waals surface area contributed by atoms with Crippen molar-refractivity contribution in [2.24, 2.45) is 0 Å². The Balaban J connectivity index is 1.45. The van der Waals surface area contributed by atoms with Crippen LogP contribution in [0.5, 0.6) is 0 Å². The zero-order valence-electron chi connectivity index (χ0n) is 15.4. The van der Waals surface area contributed by atoms with E-state index in [0.29, 0.717) is 37.2 Å². The summed E-state index contributed by atoms with van der Waals surface area (Å²) in [6.07, 6.45) is 8.52. The molecule has 2 bridgehead atoms. The van der Waals surface area contributed by atoms with E-state index in [2.05, 4.69) is 23.6 Å². The highest BCUT2D eigenvalue weighted by Gasteiger charge is 2.50. The summed E-state index contributed by atoms with van der Waals surface area (Å²) in [7, 11) is 0. The highest BCUT2D eigenvalue weighted by Crippen LogP contribution is 2.45. The number of carbonyl (C=O) groups excluding carboxylic acids is 1. The van der Waals surface area contributed by atoms with E-state index < -0.39 is 5.60 Å². The van der Waals surface area contributed by atoms with Crippen LogP contribution < -0.4 is 0 Å². The van der Waals surface area contributed by atoms with E-state index in [-0.39, 0.29) is 18.0 Å². The predicted molar refractivity (Wildman–Crippen MR) is 95.0 cm³/mol. The molecule has 3 aliphatic rings. The van der Waals surface area contributed by atoms with Crippen LogP contribution in [0.2, 0.25) is 0 Å². The number of carbonyl (C=O) groups is 1. The van der Waals surface area contributed by atoms with Crippen LogP contribution in [-0.4, -0.2) is 51.5 Å². The standard InChI is InChI=1S/C20H30N2O3/c1-14-5-3-6-15(2)22(14)19(23)13-21-16-8-9-17(21)12-20(24,11-16)18-7-4-10-25-18/h4,7,10,14-17,24H,3,5-6,8-9,11-13H2,1-2H3/t14-,15+,16-,17-/m0/s1. The van der Waals surface area contributed by atoms with E-state index in [4.69, 9.17) is 4.42 Å². The van der Waals surface area contributed by atoms with Gasteiger partial charge in [0.1, 0.15) is 11.4 Å². The zero-order chi connectivity index (χ0) is 17.6. The second-order valence-electron chi connectivity index (χ2n) is 8.40. The number of nitrogens with zero attached hydrogens (tertiary/aromatic N) is 2. The van der Waals surface area contributed by atoms with Gasteiger partial charge in [-0.2, -0.15) is 0 Å². The lowest BCUT2D eigenvalue weighted by molar-refractivity contribution is -0.142. The highest BCUT2D eigenvalue weighted by atomic mass is 16.4. The van der Waals surface area contributed by atoms with Gasteiger partial charge in [0.05, 0.1) is 12.8 Å². The van der Waals surface area contributed by atoms with Gasteiger partial charge in [-0.3, -0.25) is 9.69 Å². The average molecular weight is 346 g/mol. The van der Waals surface area contributed by atoms with Crippen LogP contribution in [0.4, 0.5) is 0 Å². The fourth-order valence-electron chi connectivity index (χ4n) is 5.47. The van der Waals surface area contributed by atoms with Gasteiger partial charge in [-0.25, -0.2) is 0 Å². The molecule has 1 aromatic rings. The number of fused-ring (bicyclic) bond motifs is 2. The zero-order valence-corrected chi connectivity index (χ0v) is 15.4. The molecular weight excluding hydrogens is 316 g/mol. The molecule has 5 heteroatoms. The number of aliphatic hydroxyl groups is 1. The van der Waals surface area contributed by atoms with Gasteiger partial charge in [-0.05, 0) is 70.9 Å². The van der Waals surface area contributed by atoms with Gasteiger partial charge in [0, 0.05) is 24.2 Å². The molecule has 4 rings (SSSR count). The number of rotatable bonds is 3. The molecular formula is C20H30N2O3. The molecule has 3 saturated heterocycles. The first-order valence-corrected chi connectivity index (χ1v) is 9.81. The van der Waals surface area contributed by atoms with Gasteiger partial charge in [0.25, 0.3) is 0 Å². The predicted octanol–water partition coefficient (Wildman–Crippen LogP) is 2.88. The third-order valence-electron chi connectivity index (χ3n) is 6.70. The van der Waals surface area contributed by atoms with Crippen molar-refractivity contribution in [3.63, 3.8) is 0 Å². The Kier molecular flexibility index (Phi) is 4.40. The molecule has 0 aliphatic carbocycles. The Hall–Kier alpha value is -1.33. The maximum Gasteiger partial charge on any atom is 0.237 e. The van der Waals surface area contributed by atoms with Gasteiger partial charge >= 0.3 is 0 Å². The fourth-order valence-corrected chi connectivity index (χ4v) is 5.47. The number of furan rings is 1. The molecule has 0 spiro atoms. The molecule has 25 heavy (non-hydrogen) atoms. The summed E-state index contributed by atoms with van der Waals surface area (Å²) in [5.41, 5.74) is -0.874. The molecule has 4 atom stereocenters. The molecule has 1 amide bonds. The molecule has 1 aromatic heterocycles. The summed E-state index contributed by atoms with van der Waals surface area (Å²) >= 11 is 0. The van der Waals surface area contributed by atoms with Crippen molar-refractivity contribution in [3.05, 3.63) is 24.2 Å². The van der Waals surface area contributed by atoms with Crippen molar-refractivity contribution in [2.45, 2.75) is 88.6 Å². The average Bonchev–Trinajstić information content (AvgIpc) is 3.17. The van der Waals surface area contributed by atoms with Gasteiger partial charge in [-0.1, -0.05) is 0 Å². The quantitative estimate of drug-likeness (QED) is 0.914. The maximum absolute atomic E-state index is 13.0. The summed E-state index contributed by atoms with van der Waals surface area (Å²) in [6, 6.07) is 4.94. The van der Waals surface area contributed by atoms with Crippen molar-refractivity contribution in [1.29, 1.82) is 0 Å². The van der Waals surface area contributed by atoms with Crippen LogP contribution in [0.3, 0.4) is 0 Å². The topological polar surface area (TPSA) is 56.9 Å². The Morgan fingerprint density at radius 2 is 1.84 bits per heavy atom. The lowest BCUT2D eigenvalue weighted by atomic mass is 9.84. The van der Waals surface area contributed by atoms with Crippen LogP contribution in [0.25, 0.3) is 0 Å². The first-order valence-electron chi connectivity index (χ1n) is 9.81. The molecule has 0 radical (unpaired) electrons. The van der Waals surface area contributed by atoms with Crippen molar-refractivity contribution in [2.75, 3.05) is 6.54 Å². The second-order valence-corrected chi connectivity index (χ2v) is 8.40. The molecule has 4 heterocycles. The third-order valence-corrected chi connectivity index (χ3v) is 6.70. The Morgan fingerprint density at radius 1 is 1.20 bits per heavy atom. The lowest BCUT2D eigenvalue weighted by Crippen LogP contribution is -2.55. The number of likely N-dealkylation sites (tertiary alicyclic amines) is 1. The molecule has 3 fully saturated rings. The number of amides is 1. The van der Waals surface area contributed by atoms with Gasteiger partial charge < -0.3 is 14.4 Å². The third kappa shape index (κ3) is 3.02. The molecule has 138 valence electrons. The smallest absolute Gasteiger partial charge is 0.237 e. The van der Waals surface area contributed by atoms with Gasteiger partial charge in [0.15, 0.2) is 0 Å².